The molecule has 1 aromatic heterocycles. The highest BCUT2D eigenvalue weighted by molar-refractivity contribution is 5.78. The number of furan rings is 1. The lowest BCUT2D eigenvalue weighted by atomic mass is 10.3. The first-order chi connectivity index (χ1) is 5.75. The summed E-state index contributed by atoms with van der Waals surface area (Å²) in [6.45, 7) is 2.12. The largest absolute Gasteiger partial charge is 0.479 e. The van der Waals surface area contributed by atoms with Crippen LogP contribution in [-0.2, 0) is 4.74 Å². The second-order valence-electron chi connectivity index (χ2n) is 2.22. The smallest absolute Gasteiger partial charge is 0.218 e. The number of rotatable bonds is 3. The third-order valence-corrected chi connectivity index (χ3v) is 1.36. The summed E-state index contributed by atoms with van der Waals surface area (Å²) in [5.41, 5.74) is 0. The van der Waals surface area contributed by atoms with Crippen molar-refractivity contribution in [1.82, 2.24) is 0 Å². The number of aliphatic hydroxyl groups excluding tert-OH is 1. The van der Waals surface area contributed by atoms with Crippen molar-refractivity contribution in [3.8, 4) is 0 Å². The first-order valence-electron chi connectivity index (χ1n) is 3.68. The first-order valence-corrected chi connectivity index (χ1v) is 3.68. The zero-order valence-electron chi connectivity index (χ0n) is 6.78. The van der Waals surface area contributed by atoms with E-state index < -0.39 is 6.10 Å². The molecule has 0 amide bonds. The highest BCUT2D eigenvalue weighted by Gasteiger charge is 2.16. The minimum Gasteiger partial charge on any atom is -0.479 e. The SMILES string of the molecule is CCOC(=N)C(O)c1ccco1. The molecule has 0 bridgehead atoms. The molecule has 0 aromatic carbocycles. The molecule has 1 heterocycles. The van der Waals surface area contributed by atoms with Crippen LogP contribution >= 0.6 is 0 Å². The maximum atomic E-state index is 9.37. The van der Waals surface area contributed by atoms with Gasteiger partial charge in [0.15, 0.2) is 6.10 Å². The van der Waals surface area contributed by atoms with Crippen molar-refractivity contribution in [2.24, 2.45) is 0 Å². The van der Waals surface area contributed by atoms with Crippen LogP contribution in [0.5, 0.6) is 0 Å². The predicted octanol–water partition coefficient (Wildman–Crippen LogP) is 1.33. The Morgan fingerprint density at radius 2 is 2.58 bits per heavy atom. The summed E-state index contributed by atoms with van der Waals surface area (Å²) < 4.78 is 9.69. The van der Waals surface area contributed by atoms with E-state index in [1.165, 1.54) is 6.26 Å². The van der Waals surface area contributed by atoms with Crippen LogP contribution in [0.3, 0.4) is 0 Å². The molecule has 1 rings (SSSR count). The minimum absolute atomic E-state index is 0.188. The number of aliphatic hydroxyl groups is 1. The van der Waals surface area contributed by atoms with Crippen molar-refractivity contribution in [1.29, 1.82) is 5.41 Å². The number of hydrogen-bond donors (Lipinski definition) is 2. The van der Waals surface area contributed by atoms with Gasteiger partial charge in [-0.15, -0.1) is 0 Å². The van der Waals surface area contributed by atoms with Gasteiger partial charge in [-0.25, -0.2) is 0 Å². The van der Waals surface area contributed by atoms with Gasteiger partial charge in [0.05, 0.1) is 12.9 Å². The molecule has 66 valence electrons. The van der Waals surface area contributed by atoms with Crippen molar-refractivity contribution in [2.75, 3.05) is 6.61 Å². The molecule has 0 spiro atoms. The molecule has 12 heavy (non-hydrogen) atoms. The highest BCUT2D eigenvalue weighted by atomic mass is 16.5. The third kappa shape index (κ3) is 1.85. The Hall–Kier alpha value is -1.29. The lowest BCUT2D eigenvalue weighted by Gasteiger charge is -2.08. The van der Waals surface area contributed by atoms with E-state index in [0.29, 0.717) is 12.4 Å². The van der Waals surface area contributed by atoms with E-state index in [0.717, 1.165) is 0 Å². The summed E-state index contributed by atoms with van der Waals surface area (Å²) in [4.78, 5) is 0. The average molecular weight is 169 g/mol. The Kier molecular flexibility index (Phi) is 2.88. The molecule has 2 N–H and O–H groups in total. The second-order valence-corrected chi connectivity index (χ2v) is 2.22. The van der Waals surface area contributed by atoms with Crippen molar-refractivity contribution in [3.63, 3.8) is 0 Å². The molecule has 1 aromatic rings. The maximum absolute atomic E-state index is 9.37. The Morgan fingerprint density at radius 1 is 1.83 bits per heavy atom. The van der Waals surface area contributed by atoms with Gasteiger partial charge in [-0.1, -0.05) is 0 Å². The van der Waals surface area contributed by atoms with Gasteiger partial charge in [-0.3, -0.25) is 5.41 Å². The van der Waals surface area contributed by atoms with E-state index >= 15 is 0 Å². The standard InChI is InChI=1S/C8H11NO3/c1-2-11-8(9)7(10)6-4-3-5-12-6/h3-5,7,9-10H,2H2,1H3. The van der Waals surface area contributed by atoms with Crippen LogP contribution in [0.2, 0.25) is 0 Å². The third-order valence-electron chi connectivity index (χ3n) is 1.36. The summed E-state index contributed by atoms with van der Waals surface area (Å²) in [7, 11) is 0. The van der Waals surface area contributed by atoms with Gasteiger partial charge in [0.2, 0.25) is 5.90 Å². The van der Waals surface area contributed by atoms with E-state index in [1.54, 1.807) is 19.1 Å². The molecule has 0 aliphatic carbocycles. The zero-order chi connectivity index (χ0) is 8.97. The highest BCUT2D eigenvalue weighted by Crippen LogP contribution is 2.14. The van der Waals surface area contributed by atoms with Crippen LogP contribution in [0.15, 0.2) is 22.8 Å². The van der Waals surface area contributed by atoms with Gasteiger partial charge >= 0.3 is 0 Å². The van der Waals surface area contributed by atoms with E-state index in [1.807, 2.05) is 0 Å². The van der Waals surface area contributed by atoms with Gasteiger partial charge < -0.3 is 14.3 Å². The van der Waals surface area contributed by atoms with Crippen LogP contribution in [0.1, 0.15) is 18.8 Å². The van der Waals surface area contributed by atoms with Crippen LogP contribution in [0.25, 0.3) is 0 Å². The molecule has 0 saturated carbocycles. The Morgan fingerprint density at radius 3 is 3.08 bits per heavy atom. The maximum Gasteiger partial charge on any atom is 0.218 e. The van der Waals surface area contributed by atoms with Crippen molar-refractivity contribution < 1.29 is 14.3 Å². The van der Waals surface area contributed by atoms with Gasteiger partial charge in [0.1, 0.15) is 5.76 Å². The molecular weight excluding hydrogens is 158 g/mol. The Balaban J connectivity index is 2.59. The Bertz CT molecular complexity index is 243. The summed E-state index contributed by atoms with van der Waals surface area (Å²) >= 11 is 0. The summed E-state index contributed by atoms with van der Waals surface area (Å²) in [6.07, 6.45) is 0.359. The molecule has 1 atom stereocenters. The summed E-state index contributed by atoms with van der Waals surface area (Å²) in [5.74, 6) is 0.140. The normalized spacial score (nSPS) is 12.5. The summed E-state index contributed by atoms with van der Waals surface area (Å²) in [6, 6.07) is 3.25. The number of ether oxygens (including phenoxy) is 1. The van der Waals surface area contributed by atoms with Crippen LogP contribution in [0.4, 0.5) is 0 Å². The topological polar surface area (TPSA) is 66.5 Å². The lowest BCUT2D eigenvalue weighted by Crippen LogP contribution is -2.13. The van der Waals surface area contributed by atoms with Crippen molar-refractivity contribution in [2.45, 2.75) is 13.0 Å². The first kappa shape index (κ1) is 8.80. The fourth-order valence-corrected chi connectivity index (χ4v) is 0.810. The molecule has 0 aliphatic heterocycles. The zero-order valence-corrected chi connectivity index (χ0v) is 6.78. The molecule has 1 unspecified atom stereocenters. The van der Waals surface area contributed by atoms with Gasteiger partial charge in [0, 0.05) is 0 Å². The number of hydrogen-bond acceptors (Lipinski definition) is 4. The van der Waals surface area contributed by atoms with Crippen LogP contribution in [-0.4, -0.2) is 17.6 Å². The van der Waals surface area contributed by atoms with Gasteiger partial charge in [0.25, 0.3) is 0 Å². The van der Waals surface area contributed by atoms with Crippen LogP contribution in [0, 0.1) is 5.41 Å². The summed E-state index contributed by atoms with van der Waals surface area (Å²) in [5, 5.41) is 16.6. The molecule has 0 aliphatic rings. The van der Waals surface area contributed by atoms with E-state index in [4.69, 9.17) is 14.6 Å². The Labute approximate surface area is 70.3 Å². The minimum atomic E-state index is -1.08. The lowest BCUT2D eigenvalue weighted by molar-refractivity contribution is 0.168. The van der Waals surface area contributed by atoms with Gasteiger partial charge in [-0.2, -0.15) is 0 Å². The second kappa shape index (κ2) is 3.92. The molecule has 4 nitrogen and oxygen atoms in total. The van der Waals surface area contributed by atoms with Crippen LogP contribution < -0.4 is 0 Å². The fourth-order valence-electron chi connectivity index (χ4n) is 0.810. The molecule has 0 saturated heterocycles. The predicted molar refractivity (Wildman–Crippen MR) is 43.0 cm³/mol. The molecule has 4 heteroatoms. The van der Waals surface area contributed by atoms with E-state index in [-0.39, 0.29) is 5.90 Å². The monoisotopic (exact) mass is 169 g/mol. The molecule has 0 radical (unpaired) electrons. The van der Waals surface area contributed by atoms with Crippen molar-refractivity contribution >= 4 is 5.90 Å². The molecular formula is C8H11NO3. The quantitative estimate of drug-likeness (QED) is 0.529. The number of nitrogens with one attached hydrogen (secondary N) is 1. The van der Waals surface area contributed by atoms with E-state index in [2.05, 4.69) is 0 Å². The molecule has 0 fully saturated rings. The fraction of sp³-hybridized carbons (Fsp3) is 0.375. The average Bonchev–Trinajstić information content (AvgIpc) is 2.55. The van der Waals surface area contributed by atoms with Crippen molar-refractivity contribution in [3.05, 3.63) is 24.2 Å². The van der Waals surface area contributed by atoms with E-state index in [9.17, 15) is 5.11 Å². The van der Waals surface area contributed by atoms with Gasteiger partial charge in [-0.05, 0) is 19.1 Å².